The summed E-state index contributed by atoms with van der Waals surface area (Å²) in [6.07, 6.45) is 3.59. The zero-order chi connectivity index (χ0) is 15.7. The zero-order valence-electron chi connectivity index (χ0n) is 12.1. The van der Waals surface area contributed by atoms with E-state index < -0.39 is 5.82 Å². The second-order valence-corrected chi connectivity index (χ2v) is 5.07. The number of halogens is 2. The van der Waals surface area contributed by atoms with Gasteiger partial charge in [-0.15, -0.1) is 0 Å². The summed E-state index contributed by atoms with van der Waals surface area (Å²) in [7, 11) is 1.37. The van der Waals surface area contributed by atoms with Gasteiger partial charge >= 0.3 is 0 Å². The van der Waals surface area contributed by atoms with E-state index in [-0.39, 0.29) is 11.6 Å². The highest BCUT2D eigenvalue weighted by Crippen LogP contribution is 2.36. The molecule has 0 spiro atoms. The molecule has 3 rings (SSSR count). The van der Waals surface area contributed by atoms with E-state index in [0.29, 0.717) is 22.5 Å². The molecule has 6 heteroatoms. The lowest BCUT2D eigenvalue weighted by molar-refractivity contribution is 0.368. The Morgan fingerprint density at radius 1 is 1.27 bits per heavy atom. The highest BCUT2D eigenvalue weighted by molar-refractivity contribution is 6.36. The van der Waals surface area contributed by atoms with Gasteiger partial charge in [-0.3, -0.25) is 4.98 Å². The third kappa shape index (κ3) is 2.27. The molecular formula is C16H13ClFN3O. The van der Waals surface area contributed by atoms with Gasteiger partial charge in [0.2, 0.25) is 5.82 Å². The van der Waals surface area contributed by atoms with Crippen LogP contribution in [-0.2, 0) is 6.42 Å². The summed E-state index contributed by atoms with van der Waals surface area (Å²) < 4.78 is 19.4. The van der Waals surface area contributed by atoms with Crippen LogP contribution in [0.4, 0.5) is 4.39 Å². The van der Waals surface area contributed by atoms with Gasteiger partial charge in [-0.25, -0.2) is 4.98 Å². The lowest BCUT2D eigenvalue weighted by atomic mass is 9.98. The van der Waals surface area contributed by atoms with Gasteiger partial charge in [0.05, 0.1) is 17.6 Å². The molecule has 1 aromatic carbocycles. The Kier molecular flexibility index (Phi) is 3.90. The first kappa shape index (κ1) is 14.7. The Hall–Kier alpha value is -2.27. The molecule has 0 atom stereocenters. The molecule has 0 unspecified atom stereocenters. The Morgan fingerprint density at radius 2 is 2.09 bits per heavy atom. The summed E-state index contributed by atoms with van der Waals surface area (Å²) in [6, 6.07) is 5.54. The van der Waals surface area contributed by atoms with Crippen LogP contribution in [0.3, 0.4) is 0 Å². The van der Waals surface area contributed by atoms with E-state index in [2.05, 4.69) is 15.0 Å². The number of rotatable bonds is 3. The van der Waals surface area contributed by atoms with E-state index in [0.717, 1.165) is 10.9 Å². The first-order chi connectivity index (χ1) is 10.7. The van der Waals surface area contributed by atoms with Crippen molar-refractivity contribution in [1.82, 2.24) is 15.0 Å². The molecule has 0 bridgehead atoms. The third-order valence-corrected chi connectivity index (χ3v) is 3.90. The number of methoxy groups -OCH3 is 1. The normalized spacial score (nSPS) is 10.9. The fourth-order valence-electron chi connectivity index (χ4n) is 2.46. The van der Waals surface area contributed by atoms with Crippen LogP contribution in [-0.4, -0.2) is 22.1 Å². The first-order valence-electron chi connectivity index (χ1n) is 6.78. The summed E-state index contributed by atoms with van der Waals surface area (Å²) in [6.45, 7) is 1.95. The van der Waals surface area contributed by atoms with E-state index in [4.69, 9.17) is 16.3 Å². The topological polar surface area (TPSA) is 47.9 Å². The van der Waals surface area contributed by atoms with Gasteiger partial charge < -0.3 is 4.74 Å². The first-order valence-corrected chi connectivity index (χ1v) is 7.16. The van der Waals surface area contributed by atoms with Crippen molar-refractivity contribution in [2.24, 2.45) is 0 Å². The minimum atomic E-state index is -0.598. The van der Waals surface area contributed by atoms with Crippen molar-refractivity contribution in [1.29, 1.82) is 0 Å². The van der Waals surface area contributed by atoms with Crippen LogP contribution in [0.25, 0.3) is 22.2 Å². The number of hydrogen-bond donors (Lipinski definition) is 0. The van der Waals surface area contributed by atoms with Crippen LogP contribution < -0.4 is 4.74 Å². The summed E-state index contributed by atoms with van der Waals surface area (Å²) in [5, 5.41) is 1.35. The predicted octanol–water partition coefficient (Wildman–Crippen LogP) is 4.06. The Morgan fingerprint density at radius 3 is 2.82 bits per heavy atom. The van der Waals surface area contributed by atoms with Crippen LogP contribution in [0, 0.1) is 5.82 Å². The second-order valence-electron chi connectivity index (χ2n) is 4.69. The van der Waals surface area contributed by atoms with E-state index in [1.54, 1.807) is 6.20 Å². The van der Waals surface area contributed by atoms with Crippen molar-refractivity contribution in [3.63, 3.8) is 0 Å². The maximum Gasteiger partial charge on any atom is 0.253 e. The lowest BCUT2D eigenvalue weighted by Gasteiger charge is -2.13. The Balaban J connectivity index is 2.36. The third-order valence-electron chi connectivity index (χ3n) is 3.50. The average Bonchev–Trinajstić information content (AvgIpc) is 2.55. The van der Waals surface area contributed by atoms with Crippen LogP contribution in [0.1, 0.15) is 12.5 Å². The van der Waals surface area contributed by atoms with E-state index in [9.17, 15) is 4.39 Å². The Bertz CT molecular complexity index is 854. The molecular weight excluding hydrogens is 305 g/mol. The number of ether oxygens (including phenoxy) is 1. The molecule has 0 aliphatic heterocycles. The molecule has 0 saturated carbocycles. The highest BCUT2D eigenvalue weighted by atomic mass is 35.5. The summed E-state index contributed by atoms with van der Waals surface area (Å²) in [5.41, 5.74) is 2.31. The molecule has 0 saturated heterocycles. The Labute approximate surface area is 132 Å². The standard InChI is InChI=1S/C16H13ClFN3O/c1-3-10-11(15-13(18)16(22-2)21-8-20-15)7-9-5-4-6-19-14(9)12(10)17/h4-8H,3H2,1-2H3. The zero-order valence-corrected chi connectivity index (χ0v) is 12.9. The van der Waals surface area contributed by atoms with Crippen molar-refractivity contribution in [2.45, 2.75) is 13.3 Å². The van der Waals surface area contributed by atoms with Crippen molar-refractivity contribution in [2.75, 3.05) is 7.11 Å². The van der Waals surface area contributed by atoms with Crippen LogP contribution >= 0.6 is 11.6 Å². The molecule has 0 radical (unpaired) electrons. The summed E-state index contributed by atoms with van der Waals surface area (Å²) >= 11 is 6.46. The monoisotopic (exact) mass is 317 g/mol. The predicted molar refractivity (Wildman–Crippen MR) is 83.7 cm³/mol. The van der Waals surface area contributed by atoms with Gasteiger partial charge in [-0.05, 0) is 24.1 Å². The summed E-state index contributed by atoms with van der Waals surface area (Å²) in [4.78, 5) is 12.1. The van der Waals surface area contributed by atoms with Gasteiger partial charge in [-0.1, -0.05) is 24.6 Å². The highest BCUT2D eigenvalue weighted by Gasteiger charge is 2.19. The molecule has 22 heavy (non-hydrogen) atoms. The molecule has 3 aromatic rings. The van der Waals surface area contributed by atoms with Crippen molar-refractivity contribution in [3.05, 3.63) is 47.1 Å². The van der Waals surface area contributed by atoms with Crippen molar-refractivity contribution < 1.29 is 9.13 Å². The van der Waals surface area contributed by atoms with Gasteiger partial charge in [0, 0.05) is 17.1 Å². The molecule has 4 nitrogen and oxygen atoms in total. The quantitative estimate of drug-likeness (QED) is 0.731. The largest absolute Gasteiger partial charge is 0.479 e. The van der Waals surface area contributed by atoms with Crippen LogP contribution in [0.2, 0.25) is 5.02 Å². The molecule has 112 valence electrons. The van der Waals surface area contributed by atoms with Gasteiger partial charge in [0.15, 0.2) is 0 Å². The SMILES string of the molecule is CCc1c(-c2ncnc(OC)c2F)cc2cccnc2c1Cl. The second kappa shape index (κ2) is 5.85. The van der Waals surface area contributed by atoms with Crippen molar-refractivity contribution in [3.8, 4) is 17.1 Å². The number of aromatic nitrogens is 3. The lowest BCUT2D eigenvalue weighted by Crippen LogP contribution is -2.00. The smallest absolute Gasteiger partial charge is 0.253 e. The maximum atomic E-state index is 14.5. The van der Waals surface area contributed by atoms with Gasteiger partial charge in [0.25, 0.3) is 5.88 Å². The van der Waals surface area contributed by atoms with Crippen molar-refractivity contribution >= 4 is 22.5 Å². The molecule has 0 fully saturated rings. The van der Waals surface area contributed by atoms with Gasteiger partial charge in [-0.2, -0.15) is 9.37 Å². The number of nitrogens with zero attached hydrogens (tertiary/aromatic N) is 3. The van der Waals surface area contributed by atoms with E-state index in [1.807, 2.05) is 25.1 Å². The van der Waals surface area contributed by atoms with Gasteiger partial charge in [0.1, 0.15) is 12.0 Å². The number of fused-ring (bicyclic) bond motifs is 1. The molecule has 2 aromatic heterocycles. The number of pyridine rings is 1. The molecule has 0 aliphatic carbocycles. The fourth-order valence-corrected chi connectivity index (χ4v) is 2.86. The average molecular weight is 318 g/mol. The van der Waals surface area contributed by atoms with E-state index in [1.165, 1.54) is 13.4 Å². The molecule has 0 N–H and O–H groups in total. The minimum Gasteiger partial charge on any atom is -0.479 e. The molecule has 0 aliphatic rings. The number of hydrogen-bond acceptors (Lipinski definition) is 4. The maximum absolute atomic E-state index is 14.5. The molecule has 2 heterocycles. The summed E-state index contributed by atoms with van der Waals surface area (Å²) in [5.74, 6) is -0.687. The van der Waals surface area contributed by atoms with Crippen LogP contribution in [0.15, 0.2) is 30.7 Å². The fraction of sp³-hybridized carbons (Fsp3) is 0.188. The molecule has 0 amide bonds. The minimum absolute atomic E-state index is 0.0885. The van der Waals surface area contributed by atoms with E-state index >= 15 is 0 Å². The number of benzene rings is 1. The van der Waals surface area contributed by atoms with Crippen LogP contribution in [0.5, 0.6) is 5.88 Å².